The van der Waals surface area contributed by atoms with Crippen molar-refractivity contribution in [1.29, 1.82) is 0 Å². The zero-order valence-corrected chi connectivity index (χ0v) is 15.5. The van der Waals surface area contributed by atoms with Crippen LogP contribution in [-0.2, 0) is 21.3 Å². The van der Waals surface area contributed by atoms with Gasteiger partial charge in [-0.3, -0.25) is 4.79 Å². The van der Waals surface area contributed by atoms with Gasteiger partial charge in [-0.15, -0.1) is 11.3 Å². The molecule has 6 nitrogen and oxygen atoms in total. The van der Waals surface area contributed by atoms with Crippen molar-refractivity contribution in [2.24, 2.45) is 0 Å². The first-order chi connectivity index (χ1) is 12.0. The fourth-order valence-electron chi connectivity index (χ4n) is 2.60. The van der Waals surface area contributed by atoms with Gasteiger partial charge in [-0.1, -0.05) is 18.2 Å². The number of morpholine rings is 1. The van der Waals surface area contributed by atoms with Crippen LogP contribution in [0.15, 0.2) is 40.6 Å². The molecule has 1 aromatic carbocycles. The largest absolute Gasteiger partial charge is 0.379 e. The molecule has 0 bridgehead atoms. The Bertz CT molecular complexity index is 855. The van der Waals surface area contributed by atoms with Crippen molar-refractivity contribution in [3.8, 4) is 0 Å². The highest BCUT2D eigenvalue weighted by atomic mass is 32.2. The van der Waals surface area contributed by atoms with E-state index in [4.69, 9.17) is 4.74 Å². The van der Waals surface area contributed by atoms with Gasteiger partial charge in [0.15, 0.2) is 0 Å². The van der Waals surface area contributed by atoms with Gasteiger partial charge in [0.25, 0.3) is 15.9 Å². The van der Waals surface area contributed by atoms with Gasteiger partial charge in [0.05, 0.1) is 19.8 Å². The van der Waals surface area contributed by atoms with Crippen LogP contribution in [0.3, 0.4) is 0 Å². The highest BCUT2D eigenvalue weighted by Gasteiger charge is 2.27. The number of carbonyl (C=O) groups excluding carboxylic acids is 1. The minimum Gasteiger partial charge on any atom is -0.379 e. The Morgan fingerprint density at radius 1 is 1.20 bits per heavy atom. The first-order valence-electron chi connectivity index (χ1n) is 7.99. The molecule has 1 aliphatic rings. The fourth-order valence-corrected chi connectivity index (χ4v) is 5.45. The highest BCUT2D eigenvalue weighted by Crippen LogP contribution is 2.25. The third-order valence-corrected chi connectivity index (χ3v) is 7.47. The van der Waals surface area contributed by atoms with Gasteiger partial charge >= 0.3 is 0 Å². The van der Waals surface area contributed by atoms with Crippen molar-refractivity contribution < 1.29 is 17.9 Å². The number of amides is 1. The third kappa shape index (κ3) is 4.09. The maximum absolute atomic E-state index is 12.6. The zero-order chi connectivity index (χ0) is 17.9. The van der Waals surface area contributed by atoms with Gasteiger partial charge in [-0.2, -0.15) is 4.31 Å². The number of thiophene rings is 1. The number of nitrogens with zero attached hydrogens (tertiary/aromatic N) is 1. The molecular formula is C17H20N2O4S2. The summed E-state index contributed by atoms with van der Waals surface area (Å²) in [5.41, 5.74) is 1.53. The predicted molar refractivity (Wildman–Crippen MR) is 96.2 cm³/mol. The Balaban J connectivity index is 1.66. The molecule has 8 heteroatoms. The van der Waals surface area contributed by atoms with Crippen LogP contribution in [0.5, 0.6) is 0 Å². The number of rotatable bonds is 5. The first kappa shape index (κ1) is 18.1. The second kappa shape index (κ2) is 7.65. The molecule has 3 rings (SSSR count). The van der Waals surface area contributed by atoms with Gasteiger partial charge in [0.1, 0.15) is 4.21 Å². The predicted octanol–water partition coefficient (Wildman–Crippen LogP) is 2.01. The van der Waals surface area contributed by atoms with E-state index >= 15 is 0 Å². The van der Waals surface area contributed by atoms with E-state index in [2.05, 4.69) is 5.32 Å². The lowest BCUT2D eigenvalue weighted by Crippen LogP contribution is -2.40. The minimum absolute atomic E-state index is 0.163. The Labute approximate surface area is 151 Å². The molecule has 0 saturated carbocycles. The highest BCUT2D eigenvalue weighted by molar-refractivity contribution is 7.91. The molecule has 2 heterocycles. The molecule has 1 aliphatic heterocycles. The van der Waals surface area contributed by atoms with E-state index in [1.54, 1.807) is 18.2 Å². The first-order valence-corrected chi connectivity index (χ1v) is 10.2. The Morgan fingerprint density at radius 2 is 1.92 bits per heavy atom. The topological polar surface area (TPSA) is 75.7 Å². The monoisotopic (exact) mass is 380 g/mol. The van der Waals surface area contributed by atoms with E-state index in [1.165, 1.54) is 15.6 Å². The molecule has 1 aromatic heterocycles. The molecule has 134 valence electrons. The molecule has 1 amide bonds. The van der Waals surface area contributed by atoms with E-state index in [0.29, 0.717) is 42.6 Å². The standard InChI is InChI=1S/C17H20N2O4S2/c1-13-4-2-3-5-15(13)17(20)18-12-14-6-7-16(24-14)25(21,22)19-8-10-23-11-9-19/h2-7H,8-12H2,1H3,(H,18,20). The van der Waals surface area contributed by atoms with Crippen molar-refractivity contribution in [2.75, 3.05) is 26.3 Å². The lowest BCUT2D eigenvalue weighted by Gasteiger charge is -2.25. The number of ether oxygens (including phenoxy) is 1. The number of sulfonamides is 1. The summed E-state index contributed by atoms with van der Waals surface area (Å²) < 4.78 is 32.1. The van der Waals surface area contributed by atoms with Crippen molar-refractivity contribution in [1.82, 2.24) is 9.62 Å². The van der Waals surface area contributed by atoms with Gasteiger partial charge in [-0.25, -0.2) is 8.42 Å². The molecule has 0 unspecified atom stereocenters. The van der Waals surface area contributed by atoms with Crippen molar-refractivity contribution in [3.05, 3.63) is 52.4 Å². The molecule has 1 saturated heterocycles. The summed E-state index contributed by atoms with van der Waals surface area (Å²) >= 11 is 1.19. The average molecular weight is 380 g/mol. The molecule has 0 atom stereocenters. The SMILES string of the molecule is Cc1ccccc1C(=O)NCc1ccc(S(=O)(=O)N2CCOCC2)s1. The Morgan fingerprint density at radius 3 is 2.64 bits per heavy atom. The molecular weight excluding hydrogens is 360 g/mol. The maximum Gasteiger partial charge on any atom is 0.252 e. The molecule has 0 radical (unpaired) electrons. The summed E-state index contributed by atoms with van der Waals surface area (Å²) in [5.74, 6) is -0.163. The van der Waals surface area contributed by atoms with Crippen LogP contribution in [0.2, 0.25) is 0 Å². The number of aryl methyl sites for hydroxylation is 1. The van der Waals surface area contributed by atoms with Gasteiger partial charge < -0.3 is 10.1 Å². The lowest BCUT2D eigenvalue weighted by molar-refractivity contribution is 0.0731. The number of benzene rings is 1. The van der Waals surface area contributed by atoms with Crippen LogP contribution in [0.25, 0.3) is 0 Å². The minimum atomic E-state index is -3.48. The molecule has 0 aliphatic carbocycles. The van der Waals surface area contributed by atoms with E-state index in [1.807, 2.05) is 25.1 Å². The van der Waals surface area contributed by atoms with E-state index in [-0.39, 0.29) is 5.91 Å². The van der Waals surface area contributed by atoms with Crippen LogP contribution in [0, 0.1) is 6.92 Å². The Hall–Kier alpha value is -1.74. The van der Waals surface area contributed by atoms with Gasteiger partial charge in [-0.05, 0) is 30.7 Å². The maximum atomic E-state index is 12.6. The molecule has 0 spiro atoms. The number of carbonyl (C=O) groups is 1. The summed E-state index contributed by atoms with van der Waals surface area (Å²) in [6.07, 6.45) is 0. The van der Waals surface area contributed by atoms with E-state index in [0.717, 1.165) is 10.4 Å². The fraction of sp³-hybridized carbons (Fsp3) is 0.353. The number of hydrogen-bond acceptors (Lipinski definition) is 5. The molecule has 1 fully saturated rings. The smallest absolute Gasteiger partial charge is 0.252 e. The van der Waals surface area contributed by atoms with Crippen LogP contribution < -0.4 is 5.32 Å². The normalized spacial score (nSPS) is 15.9. The molecule has 2 aromatic rings. The second-order valence-corrected chi connectivity index (χ2v) is 9.07. The zero-order valence-electron chi connectivity index (χ0n) is 13.9. The summed E-state index contributed by atoms with van der Waals surface area (Å²) in [4.78, 5) is 13.0. The van der Waals surface area contributed by atoms with Gasteiger partial charge in [0, 0.05) is 23.5 Å². The summed E-state index contributed by atoms with van der Waals surface area (Å²) in [7, 11) is -3.48. The van der Waals surface area contributed by atoms with Crippen molar-refractivity contribution in [2.45, 2.75) is 17.7 Å². The summed E-state index contributed by atoms with van der Waals surface area (Å²) in [5, 5.41) is 2.84. The van der Waals surface area contributed by atoms with Crippen LogP contribution in [0.4, 0.5) is 0 Å². The van der Waals surface area contributed by atoms with Crippen LogP contribution in [-0.4, -0.2) is 44.9 Å². The summed E-state index contributed by atoms with van der Waals surface area (Å²) in [6.45, 7) is 3.77. The van der Waals surface area contributed by atoms with E-state index < -0.39 is 10.0 Å². The average Bonchev–Trinajstić information content (AvgIpc) is 3.11. The third-order valence-electron chi connectivity index (χ3n) is 4.01. The molecule has 1 N–H and O–H groups in total. The van der Waals surface area contributed by atoms with Crippen molar-refractivity contribution in [3.63, 3.8) is 0 Å². The van der Waals surface area contributed by atoms with Gasteiger partial charge in [0.2, 0.25) is 0 Å². The van der Waals surface area contributed by atoms with Crippen LogP contribution >= 0.6 is 11.3 Å². The molecule has 25 heavy (non-hydrogen) atoms. The Kier molecular flexibility index (Phi) is 5.53. The van der Waals surface area contributed by atoms with E-state index in [9.17, 15) is 13.2 Å². The summed E-state index contributed by atoms with van der Waals surface area (Å²) in [6, 6.07) is 10.7. The lowest BCUT2D eigenvalue weighted by atomic mass is 10.1. The second-order valence-electron chi connectivity index (χ2n) is 5.73. The quantitative estimate of drug-likeness (QED) is 0.861. The number of hydrogen-bond donors (Lipinski definition) is 1. The van der Waals surface area contributed by atoms with Crippen molar-refractivity contribution >= 4 is 27.3 Å². The number of nitrogens with one attached hydrogen (secondary N) is 1. The van der Waals surface area contributed by atoms with Crippen LogP contribution in [0.1, 0.15) is 20.8 Å².